The fourth-order valence-electron chi connectivity index (χ4n) is 3.75. The predicted octanol–water partition coefficient (Wildman–Crippen LogP) is 4.00. The Morgan fingerprint density at radius 2 is 1.96 bits per heavy atom. The highest BCUT2D eigenvalue weighted by Crippen LogP contribution is 2.25. The van der Waals surface area contributed by atoms with Crippen LogP contribution in [0, 0.1) is 13.8 Å². The van der Waals surface area contributed by atoms with Crippen LogP contribution in [0.25, 0.3) is 10.9 Å². The third-order valence-electron chi connectivity index (χ3n) is 5.30. The lowest BCUT2D eigenvalue weighted by Crippen LogP contribution is -2.42. The SMILES string of the molecule is CCOc1ccc2nc(N3CCC(NCc4ccc(C)o4)CC3)nc(C)c2c1. The highest BCUT2D eigenvalue weighted by molar-refractivity contribution is 5.83. The number of nitrogens with one attached hydrogen (secondary N) is 1. The van der Waals surface area contributed by atoms with Gasteiger partial charge in [0, 0.05) is 24.5 Å². The molecule has 0 aliphatic carbocycles. The molecule has 0 bridgehead atoms. The van der Waals surface area contributed by atoms with Gasteiger partial charge in [-0.25, -0.2) is 9.97 Å². The summed E-state index contributed by atoms with van der Waals surface area (Å²) < 4.78 is 11.2. The lowest BCUT2D eigenvalue weighted by molar-refractivity contribution is 0.340. The van der Waals surface area contributed by atoms with Crippen LogP contribution in [0.3, 0.4) is 0 Å². The van der Waals surface area contributed by atoms with Gasteiger partial charge in [0.15, 0.2) is 0 Å². The molecule has 0 saturated carbocycles. The van der Waals surface area contributed by atoms with E-state index in [4.69, 9.17) is 19.1 Å². The van der Waals surface area contributed by atoms with Crippen LogP contribution < -0.4 is 15.0 Å². The third-order valence-corrected chi connectivity index (χ3v) is 5.30. The van der Waals surface area contributed by atoms with Gasteiger partial charge in [-0.1, -0.05) is 0 Å². The smallest absolute Gasteiger partial charge is 0.226 e. The number of aryl methyl sites for hydroxylation is 2. The summed E-state index contributed by atoms with van der Waals surface area (Å²) in [7, 11) is 0. The largest absolute Gasteiger partial charge is 0.494 e. The van der Waals surface area contributed by atoms with Gasteiger partial charge in [0.05, 0.1) is 24.4 Å². The van der Waals surface area contributed by atoms with Crippen molar-refractivity contribution in [2.45, 2.75) is 46.2 Å². The number of hydrogen-bond donors (Lipinski definition) is 1. The Balaban J connectivity index is 1.39. The molecule has 2 aromatic heterocycles. The molecular weight excluding hydrogens is 352 g/mol. The van der Waals surface area contributed by atoms with Gasteiger partial charge in [0.1, 0.15) is 17.3 Å². The van der Waals surface area contributed by atoms with Crippen LogP contribution in [0.2, 0.25) is 0 Å². The number of ether oxygens (including phenoxy) is 1. The number of nitrogens with zero attached hydrogens (tertiary/aromatic N) is 3. The lowest BCUT2D eigenvalue weighted by Gasteiger charge is -2.32. The summed E-state index contributed by atoms with van der Waals surface area (Å²) in [6.07, 6.45) is 2.15. The second kappa shape index (κ2) is 8.19. The first-order valence-corrected chi connectivity index (χ1v) is 10.1. The normalized spacial score (nSPS) is 15.3. The molecule has 28 heavy (non-hydrogen) atoms. The summed E-state index contributed by atoms with van der Waals surface area (Å²) in [4.78, 5) is 11.9. The predicted molar refractivity (Wildman–Crippen MR) is 111 cm³/mol. The zero-order chi connectivity index (χ0) is 19.5. The first-order valence-electron chi connectivity index (χ1n) is 10.1. The minimum Gasteiger partial charge on any atom is -0.494 e. The average molecular weight is 380 g/mol. The molecule has 0 atom stereocenters. The Hall–Kier alpha value is -2.60. The van der Waals surface area contributed by atoms with Crippen molar-refractivity contribution >= 4 is 16.9 Å². The molecule has 1 aliphatic heterocycles. The van der Waals surface area contributed by atoms with E-state index in [9.17, 15) is 0 Å². The first-order chi connectivity index (χ1) is 13.6. The van der Waals surface area contributed by atoms with Gasteiger partial charge in [-0.15, -0.1) is 0 Å². The van der Waals surface area contributed by atoms with Gasteiger partial charge in [0.25, 0.3) is 0 Å². The summed E-state index contributed by atoms with van der Waals surface area (Å²) in [5, 5.41) is 4.66. The Morgan fingerprint density at radius 1 is 1.14 bits per heavy atom. The van der Waals surface area contributed by atoms with Gasteiger partial charge < -0.3 is 19.4 Å². The highest BCUT2D eigenvalue weighted by atomic mass is 16.5. The molecule has 1 saturated heterocycles. The maximum atomic E-state index is 5.64. The standard InChI is InChI=1S/C22H28N4O2/c1-4-27-18-7-8-21-20(13-18)16(3)24-22(25-21)26-11-9-17(10-12-26)23-14-19-6-5-15(2)28-19/h5-8,13,17,23H,4,9-12,14H2,1-3H3. The third kappa shape index (κ3) is 4.12. The van der Waals surface area contributed by atoms with Crippen molar-refractivity contribution in [2.75, 3.05) is 24.6 Å². The molecule has 1 aliphatic rings. The molecule has 3 aromatic rings. The number of furan rings is 1. The van der Waals surface area contributed by atoms with Crippen LogP contribution in [0.5, 0.6) is 5.75 Å². The number of aromatic nitrogens is 2. The molecule has 6 heteroatoms. The minimum atomic E-state index is 0.497. The van der Waals surface area contributed by atoms with Crippen molar-refractivity contribution in [2.24, 2.45) is 0 Å². The molecule has 0 radical (unpaired) electrons. The molecule has 1 aromatic carbocycles. The molecule has 0 amide bonds. The van der Waals surface area contributed by atoms with Crippen molar-refractivity contribution in [3.05, 3.63) is 47.5 Å². The fraction of sp³-hybridized carbons (Fsp3) is 0.455. The number of anilines is 1. The maximum Gasteiger partial charge on any atom is 0.226 e. The van der Waals surface area contributed by atoms with E-state index in [0.717, 1.165) is 72.3 Å². The zero-order valence-electron chi connectivity index (χ0n) is 16.9. The number of benzene rings is 1. The minimum absolute atomic E-state index is 0.497. The quantitative estimate of drug-likeness (QED) is 0.697. The Kier molecular flexibility index (Phi) is 5.48. The molecule has 148 valence electrons. The Bertz CT molecular complexity index is 945. The second-order valence-electron chi connectivity index (χ2n) is 7.38. The summed E-state index contributed by atoms with van der Waals surface area (Å²) in [5.74, 6) is 3.66. The number of hydrogen-bond acceptors (Lipinski definition) is 6. The molecule has 3 heterocycles. The van der Waals surface area contributed by atoms with E-state index in [1.54, 1.807) is 0 Å². The lowest BCUT2D eigenvalue weighted by atomic mass is 10.1. The number of piperidine rings is 1. The van der Waals surface area contributed by atoms with Gasteiger partial charge >= 0.3 is 0 Å². The first kappa shape index (κ1) is 18.7. The van der Waals surface area contributed by atoms with Crippen molar-refractivity contribution < 1.29 is 9.15 Å². The van der Waals surface area contributed by atoms with E-state index in [1.165, 1.54) is 0 Å². The van der Waals surface area contributed by atoms with E-state index in [0.29, 0.717) is 12.6 Å². The molecule has 1 fully saturated rings. The molecule has 1 N–H and O–H groups in total. The van der Waals surface area contributed by atoms with E-state index in [2.05, 4.69) is 10.2 Å². The molecule has 4 rings (SSSR count). The van der Waals surface area contributed by atoms with Crippen LogP contribution in [-0.2, 0) is 6.54 Å². The topological polar surface area (TPSA) is 63.4 Å². The van der Waals surface area contributed by atoms with Crippen molar-refractivity contribution in [3.8, 4) is 5.75 Å². The summed E-state index contributed by atoms with van der Waals surface area (Å²) >= 11 is 0. The summed E-state index contributed by atoms with van der Waals surface area (Å²) in [5.41, 5.74) is 1.97. The van der Waals surface area contributed by atoms with Crippen LogP contribution in [0.15, 0.2) is 34.7 Å². The van der Waals surface area contributed by atoms with Crippen LogP contribution in [0.1, 0.15) is 37.0 Å². The van der Waals surface area contributed by atoms with Crippen molar-refractivity contribution in [1.82, 2.24) is 15.3 Å². The van der Waals surface area contributed by atoms with Gasteiger partial charge in [-0.05, 0) is 63.9 Å². The summed E-state index contributed by atoms with van der Waals surface area (Å²) in [6.45, 7) is 9.37. The van der Waals surface area contributed by atoms with Crippen LogP contribution in [-0.4, -0.2) is 35.7 Å². The molecular formula is C22H28N4O2. The molecule has 0 unspecified atom stereocenters. The Labute approximate surface area is 165 Å². The zero-order valence-corrected chi connectivity index (χ0v) is 16.9. The maximum absolute atomic E-state index is 5.64. The summed E-state index contributed by atoms with van der Waals surface area (Å²) in [6, 6.07) is 10.6. The Morgan fingerprint density at radius 3 is 2.68 bits per heavy atom. The van der Waals surface area contributed by atoms with E-state index in [1.807, 2.05) is 51.1 Å². The second-order valence-corrected chi connectivity index (χ2v) is 7.38. The highest BCUT2D eigenvalue weighted by Gasteiger charge is 2.21. The fourth-order valence-corrected chi connectivity index (χ4v) is 3.75. The number of rotatable bonds is 6. The molecule has 6 nitrogen and oxygen atoms in total. The van der Waals surface area contributed by atoms with Gasteiger partial charge in [-0.3, -0.25) is 0 Å². The van der Waals surface area contributed by atoms with Crippen molar-refractivity contribution in [3.63, 3.8) is 0 Å². The average Bonchev–Trinajstić information content (AvgIpc) is 3.12. The van der Waals surface area contributed by atoms with Crippen molar-refractivity contribution in [1.29, 1.82) is 0 Å². The monoisotopic (exact) mass is 380 g/mol. The van der Waals surface area contributed by atoms with E-state index >= 15 is 0 Å². The van der Waals surface area contributed by atoms with Gasteiger partial charge in [-0.2, -0.15) is 0 Å². The van der Waals surface area contributed by atoms with Gasteiger partial charge in [0.2, 0.25) is 5.95 Å². The number of fused-ring (bicyclic) bond motifs is 1. The van der Waals surface area contributed by atoms with E-state index in [-0.39, 0.29) is 0 Å². The van der Waals surface area contributed by atoms with Crippen LogP contribution in [0.4, 0.5) is 5.95 Å². The van der Waals surface area contributed by atoms with Crippen LogP contribution >= 0.6 is 0 Å². The van der Waals surface area contributed by atoms with E-state index < -0.39 is 0 Å². The molecule has 0 spiro atoms.